The average molecular weight is 347 g/mol. The standard InChI is InChI=1S/C18H26N4OS/c1-12(2)22(13(3)4)17(23)14(5)24-18-20-16(11-21(18)19)15-9-7-6-8-10-15/h6-14H,19H2,1-5H3. The molecule has 0 spiro atoms. The monoisotopic (exact) mass is 346 g/mol. The molecule has 1 heterocycles. The maximum Gasteiger partial charge on any atom is 0.236 e. The molecule has 24 heavy (non-hydrogen) atoms. The van der Waals surface area contributed by atoms with Crippen molar-refractivity contribution in [2.75, 3.05) is 5.84 Å². The highest BCUT2D eigenvalue weighted by atomic mass is 32.2. The highest BCUT2D eigenvalue weighted by molar-refractivity contribution is 8.00. The largest absolute Gasteiger partial charge is 0.337 e. The van der Waals surface area contributed by atoms with Crippen LogP contribution < -0.4 is 5.84 Å². The second-order valence-corrected chi connectivity index (χ2v) is 7.68. The van der Waals surface area contributed by atoms with Crippen molar-refractivity contribution in [2.45, 2.75) is 57.1 Å². The Morgan fingerprint density at radius 1 is 1.12 bits per heavy atom. The molecule has 0 saturated carbocycles. The summed E-state index contributed by atoms with van der Waals surface area (Å²) in [6, 6.07) is 10.2. The zero-order chi connectivity index (χ0) is 17.9. The molecule has 0 bridgehead atoms. The average Bonchev–Trinajstić information content (AvgIpc) is 2.88. The Balaban J connectivity index is 2.16. The highest BCUT2D eigenvalue weighted by Crippen LogP contribution is 2.27. The van der Waals surface area contributed by atoms with Crippen LogP contribution >= 0.6 is 11.8 Å². The van der Waals surface area contributed by atoms with Gasteiger partial charge in [0.1, 0.15) is 0 Å². The number of hydrogen-bond acceptors (Lipinski definition) is 4. The highest BCUT2D eigenvalue weighted by Gasteiger charge is 2.27. The lowest BCUT2D eigenvalue weighted by molar-refractivity contribution is -0.133. The molecular weight excluding hydrogens is 320 g/mol. The lowest BCUT2D eigenvalue weighted by atomic mass is 10.2. The maximum absolute atomic E-state index is 12.7. The number of carbonyl (C=O) groups excluding carboxylic acids is 1. The first-order valence-corrected chi connectivity index (χ1v) is 9.08. The van der Waals surface area contributed by atoms with E-state index < -0.39 is 0 Å². The third-order valence-electron chi connectivity index (χ3n) is 3.77. The Morgan fingerprint density at radius 3 is 2.25 bits per heavy atom. The van der Waals surface area contributed by atoms with Gasteiger partial charge in [-0.3, -0.25) is 4.79 Å². The van der Waals surface area contributed by atoms with Gasteiger partial charge < -0.3 is 10.7 Å². The molecule has 0 saturated heterocycles. The third-order valence-corrected chi connectivity index (χ3v) is 4.83. The minimum absolute atomic E-state index is 0.106. The van der Waals surface area contributed by atoms with E-state index in [-0.39, 0.29) is 23.2 Å². The molecule has 2 N–H and O–H groups in total. The second-order valence-electron chi connectivity index (χ2n) is 6.38. The number of hydrogen-bond donors (Lipinski definition) is 1. The van der Waals surface area contributed by atoms with Crippen LogP contribution in [0.1, 0.15) is 34.6 Å². The molecule has 1 unspecified atom stereocenters. The zero-order valence-electron chi connectivity index (χ0n) is 14.9. The van der Waals surface area contributed by atoms with E-state index in [9.17, 15) is 4.79 Å². The van der Waals surface area contributed by atoms with Gasteiger partial charge in [0.2, 0.25) is 5.91 Å². The number of thioether (sulfide) groups is 1. The van der Waals surface area contributed by atoms with Crippen LogP contribution in [0.3, 0.4) is 0 Å². The Bertz CT molecular complexity index is 674. The predicted molar refractivity (Wildman–Crippen MR) is 100 cm³/mol. The molecular formula is C18H26N4OS. The first kappa shape index (κ1) is 18.4. The van der Waals surface area contributed by atoms with E-state index >= 15 is 0 Å². The van der Waals surface area contributed by atoms with Crippen molar-refractivity contribution in [3.8, 4) is 11.3 Å². The predicted octanol–water partition coefficient (Wildman–Crippen LogP) is 3.39. The molecule has 0 fully saturated rings. The zero-order valence-corrected chi connectivity index (χ0v) is 15.7. The van der Waals surface area contributed by atoms with Crippen molar-refractivity contribution in [1.82, 2.24) is 14.6 Å². The number of imidazole rings is 1. The van der Waals surface area contributed by atoms with Crippen molar-refractivity contribution in [3.05, 3.63) is 36.5 Å². The molecule has 1 aromatic heterocycles. The fourth-order valence-corrected chi connectivity index (χ4v) is 3.60. The summed E-state index contributed by atoms with van der Waals surface area (Å²) in [7, 11) is 0. The van der Waals surface area contributed by atoms with Crippen LogP contribution in [0.4, 0.5) is 0 Å². The minimum atomic E-state index is -0.247. The van der Waals surface area contributed by atoms with Gasteiger partial charge >= 0.3 is 0 Å². The normalized spacial score (nSPS) is 12.6. The van der Waals surface area contributed by atoms with E-state index in [1.54, 1.807) is 6.20 Å². The Kier molecular flexibility index (Phi) is 5.94. The van der Waals surface area contributed by atoms with Crippen LogP contribution in [0.25, 0.3) is 11.3 Å². The summed E-state index contributed by atoms with van der Waals surface area (Å²) in [5.41, 5.74) is 1.82. The lowest BCUT2D eigenvalue weighted by Gasteiger charge is -2.32. The molecule has 0 radical (unpaired) electrons. The molecule has 0 aliphatic heterocycles. The smallest absolute Gasteiger partial charge is 0.236 e. The molecule has 1 atom stereocenters. The minimum Gasteiger partial charge on any atom is -0.337 e. The van der Waals surface area contributed by atoms with Crippen LogP contribution in [0.5, 0.6) is 0 Å². The van der Waals surface area contributed by atoms with Crippen LogP contribution in [0.15, 0.2) is 41.7 Å². The molecule has 0 aliphatic carbocycles. The SMILES string of the molecule is CC(Sc1nc(-c2ccccc2)cn1N)C(=O)N(C(C)C)C(C)C. The number of carbonyl (C=O) groups is 1. The molecule has 130 valence electrons. The number of benzene rings is 1. The van der Waals surface area contributed by atoms with Gasteiger partial charge in [-0.1, -0.05) is 42.1 Å². The molecule has 0 aliphatic rings. The van der Waals surface area contributed by atoms with Gasteiger partial charge in [-0.2, -0.15) is 0 Å². The first-order chi connectivity index (χ1) is 11.3. The number of amides is 1. The van der Waals surface area contributed by atoms with Gasteiger partial charge in [-0.15, -0.1) is 0 Å². The summed E-state index contributed by atoms with van der Waals surface area (Å²) < 4.78 is 1.49. The van der Waals surface area contributed by atoms with Gasteiger partial charge in [-0.25, -0.2) is 9.66 Å². The number of nitrogen functional groups attached to an aromatic ring is 1. The summed E-state index contributed by atoms with van der Waals surface area (Å²) in [5, 5.41) is 0.394. The third kappa shape index (κ3) is 4.12. The topological polar surface area (TPSA) is 64.2 Å². The quantitative estimate of drug-likeness (QED) is 0.643. The van der Waals surface area contributed by atoms with E-state index in [4.69, 9.17) is 5.84 Å². The van der Waals surface area contributed by atoms with Gasteiger partial charge in [0.05, 0.1) is 17.1 Å². The van der Waals surface area contributed by atoms with E-state index in [2.05, 4.69) is 4.98 Å². The van der Waals surface area contributed by atoms with Crippen molar-refractivity contribution in [2.24, 2.45) is 0 Å². The fourth-order valence-electron chi connectivity index (χ4n) is 2.74. The lowest BCUT2D eigenvalue weighted by Crippen LogP contribution is -2.45. The van der Waals surface area contributed by atoms with Crippen molar-refractivity contribution in [1.29, 1.82) is 0 Å². The van der Waals surface area contributed by atoms with E-state index in [0.717, 1.165) is 11.3 Å². The second kappa shape index (κ2) is 7.75. The van der Waals surface area contributed by atoms with E-state index in [0.29, 0.717) is 5.16 Å². The summed E-state index contributed by atoms with van der Waals surface area (Å²) in [6.45, 7) is 10.0. The molecule has 2 aromatic rings. The maximum atomic E-state index is 12.7. The number of aromatic nitrogens is 2. The van der Waals surface area contributed by atoms with Gasteiger partial charge in [0.25, 0.3) is 0 Å². The van der Waals surface area contributed by atoms with Crippen molar-refractivity contribution >= 4 is 17.7 Å². The summed E-state index contributed by atoms with van der Waals surface area (Å²) in [4.78, 5) is 19.2. The van der Waals surface area contributed by atoms with Crippen LogP contribution in [0.2, 0.25) is 0 Å². The first-order valence-electron chi connectivity index (χ1n) is 8.20. The number of nitrogens with two attached hydrogens (primary N) is 1. The number of rotatable bonds is 6. The fraction of sp³-hybridized carbons (Fsp3) is 0.444. The van der Waals surface area contributed by atoms with E-state index in [1.807, 2.05) is 69.9 Å². The van der Waals surface area contributed by atoms with Crippen LogP contribution in [-0.4, -0.2) is 37.8 Å². The molecule has 1 aromatic carbocycles. The summed E-state index contributed by atoms with van der Waals surface area (Å²) in [6.07, 6.45) is 1.79. The van der Waals surface area contributed by atoms with Crippen molar-refractivity contribution in [3.63, 3.8) is 0 Å². The summed E-state index contributed by atoms with van der Waals surface area (Å²) in [5.74, 6) is 6.14. The molecule has 1 amide bonds. The van der Waals surface area contributed by atoms with Crippen LogP contribution in [0, 0.1) is 0 Å². The van der Waals surface area contributed by atoms with Gasteiger partial charge in [0, 0.05) is 17.6 Å². The van der Waals surface area contributed by atoms with Gasteiger partial charge in [-0.05, 0) is 34.6 Å². The van der Waals surface area contributed by atoms with E-state index in [1.165, 1.54) is 16.4 Å². The number of nitrogens with zero attached hydrogens (tertiary/aromatic N) is 3. The summed E-state index contributed by atoms with van der Waals surface area (Å²) >= 11 is 1.39. The Labute approximate surface area is 148 Å². The van der Waals surface area contributed by atoms with Gasteiger partial charge in [0.15, 0.2) is 5.16 Å². The van der Waals surface area contributed by atoms with Crippen molar-refractivity contribution < 1.29 is 4.79 Å². The Hall–Kier alpha value is -1.95. The Morgan fingerprint density at radius 2 is 1.71 bits per heavy atom. The molecule has 6 heteroatoms. The molecule has 2 rings (SSSR count). The van der Waals surface area contributed by atoms with Crippen LogP contribution in [-0.2, 0) is 4.79 Å². The molecule has 5 nitrogen and oxygen atoms in total.